The molecular formula is C9H12N2O3S. The van der Waals surface area contributed by atoms with E-state index in [0.29, 0.717) is 5.75 Å². The van der Waals surface area contributed by atoms with Gasteiger partial charge in [0.1, 0.15) is 0 Å². The van der Waals surface area contributed by atoms with Crippen molar-refractivity contribution >= 4 is 29.2 Å². The number of hydrogen-bond acceptors (Lipinski definition) is 4. The Morgan fingerprint density at radius 1 is 1.53 bits per heavy atom. The summed E-state index contributed by atoms with van der Waals surface area (Å²) in [5.41, 5.74) is 8.09. The van der Waals surface area contributed by atoms with Gasteiger partial charge in [-0.2, -0.15) is 16.6 Å². The molecule has 6 heteroatoms. The van der Waals surface area contributed by atoms with Crippen LogP contribution in [0.15, 0.2) is 0 Å². The number of thioether (sulfide) groups is 1. The maximum atomic E-state index is 11.7. The zero-order chi connectivity index (χ0) is 11.3. The van der Waals surface area contributed by atoms with Gasteiger partial charge in [0.25, 0.3) is 5.78 Å². The number of Topliss-reactive ketones (excluding diaryl/α,β-unsaturated/α-hetero) is 1. The Labute approximate surface area is 91.8 Å². The average Bonchev–Trinajstić information content (AvgIpc) is 2.30. The number of hydrogen-bond donors (Lipinski definition) is 0. The Balaban J connectivity index is 2.73. The third-order valence-electron chi connectivity index (χ3n) is 2.24. The Bertz CT molecular complexity index is 317. The summed E-state index contributed by atoms with van der Waals surface area (Å²) in [7, 11) is 1.15. The predicted molar refractivity (Wildman–Crippen MR) is 55.7 cm³/mol. The fraction of sp³-hybridized carbons (Fsp3) is 0.667. The number of rotatable bonds is 3. The van der Waals surface area contributed by atoms with Crippen molar-refractivity contribution in [2.24, 2.45) is 5.92 Å². The SMILES string of the molecule is COC(=O)C(=[N+]=[N-])C(=O)C1CCCSC1. The molecule has 0 aromatic heterocycles. The molecule has 1 unspecified atom stereocenters. The summed E-state index contributed by atoms with van der Waals surface area (Å²) in [5.74, 6) is 0.186. The molecule has 0 saturated carbocycles. The fourth-order valence-corrected chi connectivity index (χ4v) is 2.57. The first-order valence-electron chi connectivity index (χ1n) is 4.63. The van der Waals surface area contributed by atoms with Crippen molar-refractivity contribution in [2.45, 2.75) is 12.8 Å². The van der Waals surface area contributed by atoms with E-state index in [9.17, 15) is 9.59 Å². The van der Waals surface area contributed by atoms with Crippen LogP contribution in [0.3, 0.4) is 0 Å². The molecule has 0 spiro atoms. The van der Waals surface area contributed by atoms with Crippen molar-refractivity contribution in [2.75, 3.05) is 18.6 Å². The van der Waals surface area contributed by atoms with Gasteiger partial charge >= 0.3 is 11.7 Å². The number of nitrogens with zero attached hydrogens (tertiary/aromatic N) is 2. The third-order valence-corrected chi connectivity index (χ3v) is 3.46. The zero-order valence-corrected chi connectivity index (χ0v) is 9.25. The monoisotopic (exact) mass is 228 g/mol. The van der Waals surface area contributed by atoms with Crippen LogP contribution in [0.5, 0.6) is 0 Å². The van der Waals surface area contributed by atoms with Gasteiger partial charge in [0, 0.05) is 11.7 Å². The summed E-state index contributed by atoms with van der Waals surface area (Å²) in [6.45, 7) is 0. The molecule has 1 aliphatic heterocycles. The highest BCUT2D eigenvalue weighted by atomic mass is 32.2. The van der Waals surface area contributed by atoms with Gasteiger partial charge in [-0.25, -0.2) is 4.79 Å². The van der Waals surface area contributed by atoms with Gasteiger partial charge in [0.2, 0.25) is 0 Å². The standard InChI is InChI=1S/C9H12N2O3S/c1-14-9(13)7(11-10)8(12)6-3-2-4-15-5-6/h6H,2-5H2,1H3. The van der Waals surface area contributed by atoms with Crippen LogP contribution < -0.4 is 0 Å². The minimum atomic E-state index is -0.877. The number of carbonyl (C=O) groups is 2. The van der Waals surface area contributed by atoms with Crippen LogP contribution in [0.1, 0.15) is 12.8 Å². The van der Waals surface area contributed by atoms with Gasteiger partial charge < -0.3 is 10.3 Å². The Hall–Kier alpha value is -1.13. The normalized spacial score (nSPS) is 20.2. The van der Waals surface area contributed by atoms with Crippen LogP contribution in [0.25, 0.3) is 5.53 Å². The summed E-state index contributed by atoms with van der Waals surface area (Å²) < 4.78 is 4.36. The first kappa shape index (κ1) is 11.9. The van der Waals surface area contributed by atoms with E-state index in [0.717, 1.165) is 25.7 Å². The fourth-order valence-electron chi connectivity index (χ4n) is 1.43. The molecule has 82 valence electrons. The summed E-state index contributed by atoms with van der Waals surface area (Å²) in [6, 6.07) is 0. The molecule has 0 bridgehead atoms. The molecule has 5 nitrogen and oxygen atoms in total. The molecule has 1 rings (SSSR count). The third kappa shape index (κ3) is 2.91. The van der Waals surface area contributed by atoms with Crippen LogP contribution in [0.4, 0.5) is 0 Å². The molecule has 0 aliphatic carbocycles. The Morgan fingerprint density at radius 3 is 2.73 bits per heavy atom. The number of esters is 1. The number of carbonyl (C=O) groups excluding carboxylic acids is 2. The van der Waals surface area contributed by atoms with Gasteiger partial charge in [0.05, 0.1) is 7.11 Å². The summed E-state index contributed by atoms with van der Waals surface area (Å²) in [5, 5.41) is 0. The van der Waals surface area contributed by atoms with Gasteiger partial charge in [-0.3, -0.25) is 4.79 Å². The van der Waals surface area contributed by atoms with Crippen molar-refractivity contribution < 1.29 is 19.1 Å². The molecule has 1 saturated heterocycles. The minimum Gasteiger partial charge on any atom is -0.460 e. The van der Waals surface area contributed by atoms with E-state index in [1.807, 2.05) is 0 Å². The van der Waals surface area contributed by atoms with E-state index in [-0.39, 0.29) is 5.92 Å². The summed E-state index contributed by atoms with van der Waals surface area (Å²) >= 11 is 1.67. The highest BCUT2D eigenvalue weighted by Crippen LogP contribution is 2.23. The van der Waals surface area contributed by atoms with Crippen molar-refractivity contribution in [1.82, 2.24) is 0 Å². The molecule has 1 aliphatic rings. The van der Waals surface area contributed by atoms with Crippen LogP contribution in [0.2, 0.25) is 0 Å². The molecule has 0 aromatic carbocycles. The molecule has 1 fully saturated rings. The van der Waals surface area contributed by atoms with Crippen LogP contribution in [0, 0.1) is 5.92 Å². The summed E-state index contributed by atoms with van der Waals surface area (Å²) in [4.78, 5) is 25.5. The molecule has 0 radical (unpaired) electrons. The first-order valence-corrected chi connectivity index (χ1v) is 5.78. The highest BCUT2D eigenvalue weighted by Gasteiger charge is 2.36. The Morgan fingerprint density at radius 2 is 2.27 bits per heavy atom. The predicted octanol–water partition coefficient (Wildman–Crippen LogP) is 0.542. The number of ether oxygens (including phenoxy) is 1. The lowest BCUT2D eigenvalue weighted by Gasteiger charge is -2.17. The second-order valence-corrected chi connectivity index (χ2v) is 4.37. The zero-order valence-electron chi connectivity index (χ0n) is 8.43. The second-order valence-electron chi connectivity index (χ2n) is 3.22. The number of methoxy groups -OCH3 is 1. The lowest BCUT2D eigenvalue weighted by atomic mass is 9.97. The smallest absolute Gasteiger partial charge is 0.441 e. The quantitative estimate of drug-likeness (QED) is 0.232. The van der Waals surface area contributed by atoms with Crippen LogP contribution >= 0.6 is 11.8 Å². The van der Waals surface area contributed by atoms with Gasteiger partial charge in [-0.1, -0.05) is 0 Å². The lowest BCUT2D eigenvalue weighted by Crippen LogP contribution is -2.34. The largest absolute Gasteiger partial charge is 0.460 e. The molecular weight excluding hydrogens is 216 g/mol. The topological polar surface area (TPSA) is 79.8 Å². The summed E-state index contributed by atoms with van der Waals surface area (Å²) in [6.07, 6.45) is 1.68. The van der Waals surface area contributed by atoms with Gasteiger partial charge in [-0.15, -0.1) is 0 Å². The molecule has 1 heterocycles. The average molecular weight is 228 g/mol. The van der Waals surface area contributed by atoms with Crippen molar-refractivity contribution in [3.63, 3.8) is 0 Å². The first-order chi connectivity index (χ1) is 7.20. The number of ketones is 1. The van der Waals surface area contributed by atoms with E-state index < -0.39 is 17.5 Å². The van der Waals surface area contributed by atoms with E-state index in [4.69, 9.17) is 5.53 Å². The Kier molecular flexibility index (Phi) is 4.52. The van der Waals surface area contributed by atoms with Crippen molar-refractivity contribution in [3.05, 3.63) is 5.53 Å². The van der Waals surface area contributed by atoms with Crippen molar-refractivity contribution in [1.29, 1.82) is 0 Å². The maximum absolute atomic E-state index is 11.7. The molecule has 1 atom stereocenters. The van der Waals surface area contributed by atoms with Crippen molar-refractivity contribution in [3.8, 4) is 0 Å². The van der Waals surface area contributed by atoms with E-state index >= 15 is 0 Å². The van der Waals surface area contributed by atoms with Gasteiger partial charge in [0.15, 0.2) is 0 Å². The lowest BCUT2D eigenvalue weighted by molar-refractivity contribution is -0.140. The van der Waals surface area contributed by atoms with Gasteiger partial charge in [-0.05, 0) is 18.6 Å². The van der Waals surface area contributed by atoms with Crippen LogP contribution in [-0.4, -0.2) is 40.9 Å². The molecule has 15 heavy (non-hydrogen) atoms. The van der Waals surface area contributed by atoms with E-state index in [1.54, 1.807) is 11.8 Å². The highest BCUT2D eigenvalue weighted by molar-refractivity contribution is 7.99. The van der Waals surface area contributed by atoms with E-state index in [2.05, 4.69) is 9.53 Å². The molecule has 0 amide bonds. The van der Waals surface area contributed by atoms with Crippen LogP contribution in [-0.2, 0) is 14.3 Å². The molecule has 0 N–H and O–H groups in total. The second kappa shape index (κ2) is 5.68. The molecule has 0 aromatic rings. The van der Waals surface area contributed by atoms with E-state index in [1.165, 1.54) is 0 Å². The minimum absolute atomic E-state index is 0.228. The maximum Gasteiger partial charge on any atom is 0.441 e.